The molecule has 0 saturated carbocycles. The van der Waals surface area contributed by atoms with E-state index in [1.807, 2.05) is 0 Å². The molecule has 2 N–H and O–H groups in total. The summed E-state index contributed by atoms with van der Waals surface area (Å²) in [5, 5.41) is 20.0. The zero-order valence-electron chi connectivity index (χ0n) is 10.2. The third-order valence-corrected chi connectivity index (χ3v) is 3.04. The molecule has 0 unspecified atom stereocenters. The third-order valence-electron chi connectivity index (χ3n) is 2.75. The van der Waals surface area contributed by atoms with E-state index in [4.69, 9.17) is 26.2 Å². The summed E-state index contributed by atoms with van der Waals surface area (Å²) in [6, 6.07) is 4.04. The van der Waals surface area contributed by atoms with Gasteiger partial charge in [-0.2, -0.15) is 0 Å². The van der Waals surface area contributed by atoms with E-state index in [2.05, 4.69) is 0 Å². The second kappa shape index (κ2) is 4.85. The Morgan fingerprint density at radius 2 is 1.89 bits per heavy atom. The topological polar surface area (TPSA) is 76.0 Å². The highest BCUT2D eigenvalue weighted by atomic mass is 35.5. The fourth-order valence-corrected chi connectivity index (χ4v) is 2.22. The summed E-state index contributed by atoms with van der Waals surface area (Å²) in [6.07, 6.45) is 0. The highest BCUT2D eigenvalue weighted by Crippen LogP contribution is 2.43. The van der Waals surface area contributed by atoms with Gasteiger partial charge >= 0.3 is 5.97 Å². The fourth-order valence-electron chi connectivity index (χ4n) is 1.94. The molecule has 2 rings (SSSR count). The SMILES string of the molecule is COc1c(Cl)cc(OC)c2c(O)cc(C(=O)O)cc12. The van der Waals surface area contributed by atoms with Crippen LogP contribution in [0.5, 0.6) is 17.2 Å². The number of fused-ring (bicyclic) bond motifs is 1. The molecule has 2 aromatic carbocycles. The van der Waals surface area contributed by atoms with Crippen LogP contribution in [-0.2, 0) is 0 Å². The first-order valence-corrected chi connectivity index (χ1v) is 5.68. The molecule has 0 saturated heterocycles. The molecule has 0 aliphatic rings. The third kappa shape index (κ3) is 2.13. The molecule has 0 amide bonds. The van der Waals surface area contributed by atoms with E-state index in [1.165, 1.54) is 26.4 Å². The monoisotopic (exact) mass is 282 g/mol. The molecule has 0 atom stereocenters. The van der Waals surface area contributed by atoms with Crippen molar-refractivity contribution >= 4 is 28.3 Å². The standard InChI is InChI=1S/C13H11ClO5/c1-18-10-5-8(14)12(19-2)7-3-6(13(16)17)4-9(15)11(7)10/h3-5,15H,1-2H3,(H,16,17). The lowest BCUT2D eigenvalue weighted by Crippen LogP contribution is -1.98. The number of benzene rings is 2. The number of carboxylic acids is 1. The molecule has 0 fully saturated rings. The number of hydrogen-bond donors (Lipinski definition) is 2. The molecule has 0 bridgehead atoms. The lowest BCUT2D eigenvalue weighted by atomic mass is 10.0. The number of hydrogen-bond acceptors (Lipinski definition) is 4. The average molecular weight is 283 g/mol. The van der Waals surface area contributed by atoms with E-state index < -0.39 is 5.97 Å². The summed E-state index contributed by atoms with van der Waals surface area (Å²) in [7, 11) is 2.85. The molecule has 0 aromatic heterocycles. The molecule has 2 aromatic rings. The molecule has 0 aliphatic carbocycles. The summed E-state index contributed by atoms with van der Waals surface area (Å²) < 4.78 is 10.3. The van der Waals surface area contributed by atoms with Gasteiger partial charge in [-0.1, -0.05) is 11.6 Å². The van der Waals surface area contributed by atoms with Crippen LogP contribution < -0.4 is 9.47 Å². The molecule has 100 valence electrons. The number of carboxylic acid groups (broad SMARTS) is 1. The highest BCUT2D eigenvalue weighted by Gasteiger charge is 2.18. The number of rotatable bonds is 3. The Hall–Kier alpha value is -2.14. The van der Waals surface area contributed by atoms with Gasteiger partial charge in [-0.05, 0) is 12.1 Å². The number of aromatic hydroxyl groups is 1. The van der Waals surface area contributed by atoms with Crippen LogP contribution in [0.15, 0.2) is 18.2 Å². The van der Waals surface area contributed by atoms with E-state index in [-0.39, 0.29) is 22.1 Å². The van der Waals surface area contributed by atoms with Crippen molar-refractivity contribution in [2.24, 2.45) is 0 Å². The Labute approximate surface area is 113 Å². The summed E-state index contributed by atoms with van der Waals surface area (Å²) in [4.78, 5) is 11.0. The second-order valence-electron chi connectivity index (χ2n) is 3.82. The fraction of sp³-hybridized carbons (Fsp3) is 0.154. The van der Waals surface area contributed by atoms with Crippen molar-refractivity contribution in [3.63, 3.8) is 0 Å². The lowest BCUT2D eigenvalue weighted by molar-refractivity contribution is 0.0696. The largest absolute Gasteiger partial charge is 0.507 e. The number of phenols is 1. The molecule has 0 spiro atoms. The molecule has 0 radical (unpaired) electrons. The molecule has 19 heavy (non-hydrogen) atoms. The normalized spacial score (nSPS) is 10.5. The van der Waals surface area contributed by atoms with Crippen molar-refractivity contribution in [2.75, 3.05) is 14.2 Å². The number of methoxy groups -OCH3 is 2. The van der Waals surface area contributed by atoms with Crippen molar-refractivity contribution in [3.05, 3.63) is 28.8 Å². The number of aromatic carboxylic acids is 1. The highest BCUT2D eigenvalue weighted by molar-refractivity contribution is 6.33. The number of phenolic OH excluding ortho intramolecular Hbond substituents is 1. The van der Waals surface area contributed by atoms with Crippen molar-refractivity contribution < 1.29 is 24.5 Å². The maximum absolute atomic E-state index is 11.0. The van der Waals surface area contributed by atoms with Crippen molar-refractivity contribution in [1.29, 1.82) is 0 Å². The van der Waals surface area contributed by atoms with E-state index >= 15 is 0 Å². The van der Waals surface area contributed by atoms with Crippen LogP contribution >= 0.6 is 11.6 Å². The van der Waals surface area contributed by atoms with Crippen LogP contribution in [0, 0.1) is 0 Å². The minimum atomic E-state index is -1.15. The first-order chi connectivity index (χ1) is 8.99. The lowest BCUT2D eigenvalue weighted by Gasteiger charge is -2.13. The van der Waals surface area contributed by atoms with Crippen LogP contribution in [0.2, 0.25) is 5.02 Å². The summed E-state index contributed by atoms with van der Waals surface area (Å²) in [5.74, 6) is -0.731. The Morgan fingerprint density at radius 1 is 1.21 bits per heavy atom. The predicted molar refractivity (Wildman–Crippen MR) is 70.7 cm³/mol. The van der Waals surface area contributed by atoms with Gasteiger partial charge in [0.05, 0.1) is 30.2 Å². The zero-order valence-corrected chi connectivity index (χ0v) is 11.0. The van der Waals surface area contributed by atoms with Crippen LogP contribution in [0.25, 0.3) is 10.8 Å². The molecule has 5 nitrogen and oxygen atoms in total. The van der Waals surface area contributed by atoms with Crippen LogP contribution in [0.1, 0.15) is 10.4 Å². The van der Waals surface area contributed by atoms with Gasteiger partial charge < -0.3 is 19.7 Å². The molecule has 0 aliphatic heterocycles. The minimum absolute atomic E-state index is 0.0624. The van der Waals surface area contributed by atoms with Gasteiger partial charge in [0.1, 0.15) is 17.2 Å². The first kappa shape index (κ1) is 13.3. The van der Waals surface area contributed by atoms with Crippen LogP contribution in [0.4, 0.5) is 0 Å². The Kier molecular flexibility index (Phi) is 3.40. The van der Waals surface area contributed by atoms with Gasteiger partial charge in [0, 0.05) is 11.5 Å². The van der Waals surface area contributed by atoms with E-state index in [1.54, 1.807) is 0 Å². The van der Waals surface area contributed by atoms with Crippen molar-refractivity contribution in [2.45, 2.75) is 0 Å². The number of halogens is 1. The van der Waals surface area contributed by atoms with E-state index in [0.717, 1.165) is 6.07 Å². The Morgan fingerprint density at radius 3 is 2.42 bits per heavy atom. The van der Waals surface area contributed by atoms with Gasteiger partial charge in [0.2, 0.25) is 0 Å². The van der Waals surface area contributed by atoms with Crippen molar-refractivity contribution in [1.82, 2.24) is 0 Å². The van der Waals surface area contributed by atoms with Gasteiger partial charge in [0.25, 0.3) is 0 Å². The van der Waals surface area contributed by atoms with Crippen molar-refractivity contribution in [3.8, 4) is 17.2 Å². The second-order valence-corrected chi connectivity index (χ2v) is 4.22. The summed E-state index contributed by atoms with van der Waals surface area (Å²) in [6.45, 7) is 0. The maximum Gasteiger partial charge on any atom is 0.335 e. The average Bonchev–Trinajstić information content (AvgIpc) is 2.37. The summed E-state index contributed by atoms with van der Waals surface area (Å²) in [5.41, 5.74) is -0.0624. The zero-order chi connectivity index (χ0) is 14.2. The van der Waals surface area contributed by atoms with Gasteiger partial charge in [0.15, 0.2) is 0 Å². The van der Waals surface area contributed by atoms with Crippen LogP contribution in [-0.4, -0.2) is 30.4 Å². The Bertz CT molecular complexity index is 666. The molecule has 0 heterocycles. The van der Waals surface area contributed by atoms with Gasteiger partial charge in [-0.3, -0.25) is 0 Å². The molecular formula is C13H11ClO5. The minimum Gasteiger partial charge on any atom is -0.507 e. The first-order valence-electron chi connectivity index (χ1n) is 5.30. The molecular weight excluding hydrogens is 272 g/mol. The van der Waals surface area contributed by atoms with Crippen LogP contribution in [0.3, 0.4) is 0 Å². The van der Waals surface area contributed by atoms with E-state index in [0.29, 0.717) is 16.5 Å². The van der Waals surface area contributed by atoms with Gasteiger partial charge in [-0.25, -0.2) is 4.79 Å². The predicted octanol–water partition coefficient (Wildman–Crippen LogP) is 2.91. The quantitative estimate of drug-likeness (QED) is 0.905. The summed E-state index contributed by atoms with van der Waals surface area (Å²) >= 11 is 6.04. The van der Waals surface area contributed by atoms with E-state index in [9.17, 15) is 9.90 Å². The Balaban J connectivity index is 2.95. The molecule has 6 heteroatoms. The smallest absolute Gasteiger partial charge is 0.335 e. The van der Waals surface area contributed by atoms with Gasteiger partial charge in [-0.15, -0.1) is 0 Å². The number of carbonyl (C=O) groups is 1. The number of ether oxygens (including phenoxy) is 2. The maximum atomic E-state index is 11.0.